The van der Waals surface area contributed by atoms with Gasteiger partial charge in [0.25, 0.3) is 11.8 Å². The van der Waals surface area contributed by atoms with Crippen LogP contribution in [0.2, 0.25) is 5.15 Å². The highest BCUT2D eigenvalue weighted by molar-refractivity contribution is 6.29. The van der Waals surface area contributed by atoms with Crippen molar-refractivity contribution in [1.29, 1.82) is 0 Å². The number of ether oxygens (including phenoxy) is 1. The minimum absolute atomic E-state index is 0.00232. The molecule has 0 aliphatic carbocycles. The molecule has 2 aromatic rings. The lowest BCUT2D eigenvalue weighted by molar-refractivity contribution is 0.0659. The second-order valence-corrected chi connectivity index (χ2v) is 8.68. The van der Waals surface area contributed by atoms with Crippen LogP contribution in [-0.2, 0) is 0 Å². The Morgan fingerprint density at radius 1 is 0.871 bits per heavy atom. The molecule has 0 N–H and O–H groups in total. The summed E-state index contributed by atoms with van der Waals surface area (Å²) in [5.41, 5.74) is 1.29. The number of carbonyl (C=O) groups excluding carboxylic acids is 2. The predicted molar refractivity (Wildman–Crippen MR) is 120 cm³/mol. The zero-order valence-electron chi connectivity index (χ0n) is 17.6. The second-order valence-electron chi connectivity index (χ2n) is 8.29. The zero-order valence-corrected chi connectivity index (χ0v) is 18.4. The van der Waals surface area contributed by atoms with E-state index in [9.17, 15) is 9.59 Å². The number of nitrogens with zero attached hydrogens (tertiary/aromatic N) is 3. The number of aromatic nitrogens is 1. The normalized spacial score (nSPS) is 17.5. The fraction of sp³-hybridized carbons (Fsp3) is 0.458. The van der Waals surface area contributed by atoms with Crippen LogP contribution in [0.1, 0.15) is 52.8 Å². The fourth-order valence-electron chi connectivity index (χ4n) is 4.18. The molecular formula is C24H28ClN3O3. The average Bonchev–Trinajstić information content (AvgIpc) is 2.83. The Labute approximate surface area is 188 Å². The minimum atomic E-state index is -0.00232. The lowest BCUT2D eigenvalue weighted by Crippen LogP contribution is -2.39. The number of carbonyl (C=O) groups is 2. The standard InChI is InChI=1S/C24H28ClN3O3/c25-22-9-6-20(16-26-22)24(30)28-14-10-18(11-15-28)17-31-21-7-4-19(5-8-21)23(29)27-12-2-1-3-13-27/h4-9,16,18H,1-3,10-15,17H2. The van der Waals surface area contributed by atoms with Crippen LogP contribution in [0.4, 0.5) is 0 Å². The minimum Gasteiger partial charge on any atom is -0.493 e. The van der Waals surface area contributed by atoms with Crippen LogP contribution in [0.5, 0.6) is 5.75 Å². The number of likely N-dealkylation sites (tertiary alicyclic amines) is 2. The van der Waals surface area contributed by atoms with Crippen molar-refractivity contribution in [2.24, 2.45) is 5.92 Å². The molecule has 1 aromatic carbocycles. The molecule has 1 aromatic heterocycles. The van der Waals surface area contributed by atoms with E-state index in [-0.39, 0.29) is 11.8 Å². The van der Waals surface area contributed by atoms with Gasteiger partial charge in [-0.3, -0.25) is 9.59 Å². The third kappa shape index (κ3) is 5.56. The fourth-order valence-corrected chi connectivity index (χ4v) is 4.29. The monoisotopic (exact) mass is 441 g/mol. The maximum Gasteiger partial charge on any atom is 0.255 e. The molecule has 3 heterocycles. The van der Waals surface area contributed by atoms with E-state index >= 15 is 0 Å². The highest BCUT2D eigenvalue weighted by Crippen LogP contribution is 2.22. The Kier molecular flexibility index (Phi) is 7.07. The molecule has 6 nitrogen and oxygen atoms in total. The molecule has 0 atom stereocenters. The van der Waals surface area contributed by atoms with Crippen LogP contribution in [-0.4, -0.2) is 59.4 Å². The van der Waals surface area contributed by atoms with Crippen LogP contribution in [0.25, 0.3) is 0 Å². The Bertz CT molecular complexity index is 887. The van der Waals surface area contributed by atoms with Crippen LogP contribution in [0.3, 0.4) is 0 Å². The molecule has 2 aliphatic rings. The van der Waals surface area contributed by atoms with Crippen molar-refractivity contribution in [3.8, 4) is 5.75 Å². The van der Waals surface area contributed by atoms with Gasteiger partial charge >= 0.3 is 0 Å². The number of benzene rings is 1. The molecule has 2 fully saturated rings. The number of hydrogen-bond donors (Lipinski definition) is 0. The molecule has 4 rings (SSSR count). The van der Waals surface area contributed by atoms with Crippen molar-refractivity contribution in [3.05, 3.63) is 58.9 Å². The Balaban J connectivity index is 1.23. The highest BCUT2D eigenvalue weighted by atomic mass is 35.5. The maximum atomic E-state index is 12.6. The van der Waals surface area contributed by atoms with Gasteiger partial charge in [0.1, 0.15) is 10.9 Å². The summed E-state index contributed by atoms with van der Waals surface area (Å²) in [5.74, 6) is 1.29. The Hall–Kier alpha value is -2.60. The summed E-state index contributed by atoms with van der Waals surface area (Å²) >= 11 is 5.80. The van der Waals surface area contributed by atoms with Gasteiger partial charge in [-0.2, -0.15) is 0 Å². The summed E-state index contributed by atoms with van der Waals surface area (Å²) in [6.07, 6.45) is 6.72. The summed E-state index contributed by atoms with van der Waals surface area (Å²) < 4.78 is 5.97. The van der Waals surface area contributed by atoms with Crippen LogP contribution in [0.15, 0.2) is 42.6 Å². The summed E-state index contributed by atoms with van der Waals surface area (Å²) in [6, 6.07) is 10.8. The molecule has 2 amide bonds. The Morgan fingerprint density at radius 2 is 1.48 bits per heavy atom. The van der Waals surface area contributed by atoms with E-state index in [1.807, 2.05) is 34.1 Å². The quantitative estimate of drug-likeness (QED) is 0.649. The van der Waals surface area contributed by atoms with Gasteiger partial charge in [0.2, 0.25) is 0 Å². The third-order valence-electron chi connectivity index (χ3n) is 6.11. The van der Waals surface area contributed by atoms with E-state index in [0.717, 1.165) is 50.1 Å². The van der Waals surface area contributed by atoms with Gasteiger partial charge < -0.3 is 14.5 Å². The lowest BCUT2D eigenvalue weighted by atomic mass is 9.97. The van der Waals surface area contributed by atoms with Crippen LogP contribution in [0, 0.1) is 5.92 Å². The third-order valence-corrected chi connectivity index (χ3v) is 6.33. The molecule has 0 spiro atoms. The van der Waals surface area contributed by atoms with Gasteiger partial charge in [0.05, 0.1) is 12.2 Å². The molecule has 31 heavy (non-hydrogen) atoms. The lowest BCUT2D eigenvalue weighted by Gasteiger charge is -2.32. The van der Waals surface area contributed by atoms with Crippen LogP contribution >= 0.6 is 11.6 Å². The first-order valence-electron chi connectivity index (χ1n) is 11.0. The number of amides is 2. The second kappa shape index (κ2) is 10.1. The summed E-state index contributed by atoms with van der Waals surface area (Å²) in [6.45, 7) is 3.74. The molecule has 7 heteroatoms. The van der Waals surface area contributed by atoms with Gasteiger partial charge in [-0.1, -0.05) is 11.6 Å². The van der Waals surface area contributed by atoms with Gasteiger partial charge in [-0.15, -0.1) is 0 Å². The van der Waals surface area contributed by atoms with Crippen molar-refractivity contribution in [2.75, 3.05) is 32.8 Å². The smallest absolute Gasteiger partial charge is 0.255 e. The van der Waals surface area contributed by atoms with E-state index in [1.165, 1.54) is 12.6 Å². The molecule has 0 saturated carbocycles. The van der Waals surface area contributed by atoms with Crippen molar-refractivity contribution >= 4 is 23.4 Å². The Morgan fingerprint density at radius 3 is 2.13 bits per heavy atom. The van der Waals surface area contributed by atoms with Crippen molar-refractivity contribution in [1.82, 2.24) is 14.8 Å². The van der Waals surface area contributed by atoms with Crippen molar-refractivity contribution in [2.45, 2.75) is 32.1 Å². The van der Waals surface area contributed by atoms with Gasteiger partial charge in [0, 0.05) is 37.9 Å². The van der Waals surface area contributed by atoms with Crippen molar-refractivity contribution < 1.29 is 14.3 Å². The first kappa shape index (κ1) is 21.6. The number of rotatable bonds is 5. The molecule has 164 valence electrons. The van der Waals surface area contributed by atoms with Gasteiger partial charge in [-0.25, -0.2) is 4.98 Å². The van der Waals surface area contributed by atoms with E-state index in [1.54, 1.807) is 12.1 Å². The largest absolute Gasteiger partial charge is 0.493 e. The van der Waals surface area contributed by atoms with Gasteiger partial charge in [0.15, 0.2) is 0 Å². The predicted octanol–water partition coefficient (Wildman–Crippen LogP) is 4.29. The average molecular weight is 442 g/mol. The zero-order chi connectivity index (χ0) is 21.6. The molecular weight excluding hydrogens is 414 g/mol. The number of halogens is 1. The van der Waals surface area contributed by atoms with E-state index in [0.29, 0.717) is 36.3 Å². The summed E-state index contributed by atoms with van der Waals surface area (Å²) in [7, 11) is 0. The summed E-state index contributed by atoms with van der Waals surface area (Å²) in [5, 5.41) is 0.385. The van der Waals surface area contributed by atoms with E-state index < -0.39 is 0 Å². The molecule has 0 bridgehead atoms. The van der Waals surface area contributed by atoms with Crippen molar-refractivity contribution in [3.63, 3.8) is 0 Å². The molecule has 0 unspecified atom stereocenters. The molecule has 0 radical (unpaired) electrons. The van der Waals surface area contributed by atoms with E-state index in [4.69, 9.17) is 16.3 Å². The number of piperidine rings is 2. The van der Waals surface area contributed by atoms with Crippen LogP contribution < -0.4 is 4.74 Å². The van der Waals surface area contributed by atoms with Gasteiger partial charge in [-0.05, 0) is 74.4 Å². The highest BCUT2D eigenvalue weighted by Gasteiger charge is 2.24. The molecule has 2 aliphatic heterocycles. The first-order chi connectivity index (χ1) is 15.1. The summed E-state index contributed by atoms with van der Waals surface area (Å²) in [4.78, 5) is 32.9. The molecule has 2 saturated heterocycles. The first-order valence-corrected chi connectivity index (χ1v) is 11.4. The SMILES string of the molecule is O=C(c1ccc(OCC2CCN(C(=O)c3ccc(Cl)nc3)CC2)cc1)N1CCCCC1. The van der Waals surface area contributed by atoms with E-state index in [2.05, 4.69) is 4.98 Å². The maximum absolute atomic E-state index is 12.6. The number of hydrogen-bond acceptors (Lipinski definition) is 4. The topological polar surface area (TPSA) is 62.7 Å². The number of pyridine rings is 1.